The average Bonchev–Trinajstić information content (AvgIpc) is 3.04. The van der Waals surface area contributed by atoms with Crippen LogP contribution < -0.4 is 4.89 Å². The lowest BCUT2D eigenvalue weighted by Crippen LogP contribution is -2.37. The highest BCUT2D eigenvalue weighted by atomic mass is 31.2. The zero-order chi connectivity index (χ0) is 36.3. The Balaban J connectivity index is 4.30. The third kappa shape index (κ3) is 38.1. The summed E-state index contributed by atoms with van der Waals surface area (Å²) >= 11 is 0. The van der Waals surface area contributed by atoms with Crippen molar-refractivity contribution in [1.29, 1.82) is 0 Å². The Labute approximate surface area is 303 Å². The second-order valence-electron chi connectivity index (χ2n) is 14.6. The molecule has 0 aliphatic heterocycles. The Hall–Kier alpha value is -1.02. The molecule has 0 aromatic heterocycles. The summed E-state index contributed by atoms with van der Waals surface area (Å²) in [5.74, 6) is -0.346. The molecule has 0 aromatic carbocycles. The Morgan fingerprint density at radius 2 is 1.06 bits per heavy atom. The largest absolute Gasteiger partial charge is 0.756 e. The van der Waals surface area contributed by atoms with Gasteiger partial charge in [0.05, 0.1) is 34.4 Å². The third-order valence-electron chi connectivity index (χ3n) is 8.48. The van der Waals surface area contributed by atoms with Crippen LogP contribution in [-0.2, 0) is 27.9 Å². The molecule has 290 valence electrons. The fraction of sp³-hybridized carbons (Fsp3) is 0.875. The zero-order valence-corrected chi connectivity index (χ0v) is 33.5. The first-order chi connectivity index (χ1) is 23.6. The van der Waals surface area contributed by atoms with Crippen molar-refractivity contribution in [1.82, 2.24) is 0 Å². The standard InChI is InChI=1S/C40H78NO7P/c1-6-8-10-12-14-16-18-20-22-24-26-28-30-32-35-45-37-39(38-47-49(43,44)46-36-34-41(3,4)5)48-40(42)33-31-29-27-25-23-21-19-17-15-13-11-9-7-2/h16-19,39H,6-15,20-38H2,1-5H3/b18-16-,19-17-. The number of unbranched alkanes of at least 4 members (excludes halogenated alkanes) is 19. The summed E-state index contributed by atoms with van der Waals surface area (Å²) in [6.45, 7) is 5.36. The summed E-state index contributed by atoms with van der Waals surface area (Å²) in [6, 6.07) is 0. The second kappa shape index (κ2) is 34.1. The van der Waals surface area contributed by atoms with E-state index in [9.17, 15) is 14.3 Å². The molecule has 2 unspecified atom stereocenters. The average molecular weight is 716 g/mol. The molecule has 8 nitrogen and oxygen atoms in total. The van der Waals surface area contributed by atoms with Crippen molar-refractivity contribution in [3.63, 3.8) is 0 Å². The smallest absolute Gasteiger partial charge is 0.306 e. The highest BCUT2D eigenvalue weighted by Gasteiger charge is 2.20. The lowest BCUT2D eigenvalue weighted by Gasteiger charge is -2.28. The number of carbonyl (C=O) groups excluding carboxylic acids is 1. The maximum Gasteiger partial charge on any atom is 0.306 e. The van der Waals surface area contributed by atoms with E-state index in [4.69, 9.17) is 18.5 Å². The molecule has 0 radical (unpaired) electrons. The van der Waals surface area contributed by atoms with E-state index in [0.717, 1.165) is 44.9 Å². The number of esters is 1. The summed E-state index contributed by atoms with van der Waals surface area (Å²) in [7, 11) is 1.35. The van der Waals surface area contributed by atoms with E-state index in [1.807, 2.05) is 21.1 Å². The van der Waals surface area contributed by atoms with Gasteiger partial charge in [0.15, 0.2) is 0 Å². The Kier molecular flexibility index (Phi) is 33.4. The molecular formula is C40H78NO7P. The highest BCUT2D eigenvalue weighted by Crippen LogP contribution is 2.38. The van der Waals surface area contributed by atoms with Crippen molar-refractivity contribution < 1.29 is 37.3 Å². The van der Waals surface area contributed by atoms with Crippen LogP contribution in [0.1, 0.15) is 168 Å². The normalized spacial score (nSPS) is 14.2. The number of rotatable bonds is 37. The van der Waals surface area contributed by atoms with Crippen molar-refractivity contribution in [2.45, 2.75) is 174 Å². The number of phosphoric ester groups is 1. The van der Waals surface area contributed by atoms with Gasteiger partial charge >= 0.3 is 5.97 Å². The first-order valence-electron chi connectivity index (χ1n) is 20.1. The molecule has 2 atom stereocenters. The summed E-state index contributed by atoms with van der Waals surface area (Å²) in [5, 5.41) is 0. The number of hydrogen-bond acceptors (Lipinski definition) is 7. The molecule has 0 heterocycles. The van der Waals surface area contributed by atoms with Crippen LogP contribution >= 0.6 is 7.82 Å². The van der Waals surface area contributed by atoms with Gasteiger partial charge in [-0.1, -0.05) is 122 Å². The molecule has 0 bridgehead atoms. The first kappa shape index (κ1) is 48.0. The maximum atomic E-state index is 12.6. The minimum atomic E-state index is -4.52. The van der Waals surface area contributed by atoms with Crippen LogP contribution in [0.3, 0.4) is 0 Å². The lowest BCUT2D eigenvalue weighted by molar-refractivity contribution is -0.870. The fourth-order valence-electron chi connectivity index (χ4n) is 5.30. The van der Waals surface area contributed by atoms with Crippen molar-refractivity contribution in [2.24, 2.45) is 0 Å². The molecule has 0 aliphatic carbocycles. The Morgan fingerprint density at radius 3 is 1.55 bits per heavy atom. The first-order valence-corrected chi connectivity index (χ1v) is 21.5. The van der Waals surface area contributed by atoms with E-state index in [0.29, 0.717) is 24.1 Å². The molecule has 0 N–H and O–H groups in total. The van der Waals surface area contributed by atoms with E-state index in [1.165, 1.54) is 103 Å². The van der Waals surface area contributed by atoms with Crippen LogP contribution in [0.2, 0.25) is 0 Å². The van der Waals surface area contributed by atoms with Crippen LogP contribution in [-0.4, -0.2) is 70.7 Å². The molecule has 0 rings (SSSR count). The quantitative estimate of drug-likeness (QED) is 0.0208. The van der Waals surface area contributed by atoms with E-state index in [2.05, 4.69) is 38.2 Å². The van der Waals surface area contributed by atoms with Gasteiger partial charge in [-0.2, -0.15) is 0 Å². The van der Waals surface area contributed by atoms with Gasteiger partial charge in [-0.3, -0.25) is 9.36 Å². The van der Waals surface area contributed by atoms with E-state index >= 15 is 0 Å². The number of hydrogen-bond donors (Lipinski definition) is 0. The van der Waals surface area contributed by atoms with Crippen molar-refractivity contribution >= 4 is 13.8 Å². The van der Waals surface area contributed by atoms with Gasteiger partial charge in [0.25, 0.3) is 7.82 Å². The predicted molar refractivity (Wildman–Crippen MR) is 204 cm³/mol. The molecule has 0 saturated carbocycles. The number of allylic oxidation sites excluding steroid dienone is 4. The van der Waals surface area contributed by atoms with Gasteiger partial charge < -0.3 is 27.9 Å². The molecule has 0 aromatic rings. The summed E-state index contributed by atoms with van der Waals surface area (Å²) in [5.41, 5.74) is 0. The second-order valence-corrected chi connectivity index (χ2v) is 16.0. The lowest BCUT2D eigenvalue weighted by atomic mass is 10.1. The minimum absolute atomic E-state index is 0.0242. The molecule has 0 fully saturated rings. The van der Waals surface area contributed by atoms with Gasteiger partial charge in [-0.25, -0.2) is 0 Å². The Bertz CT molecular complexity index is 843. The number of carbonyl (C=O) groups is 1. The SMILES string of the molecule is CCCCCC/C=C\CCCCCCCCOCC(COP(=O)([O-])OCC[N+](C)(C)C)OC(=O)CCCCCCC/C=C\CCCCCC. The maximum absolute atomic E-state index is 12.6. The van der Waals surface area contributed by atoms with Gasteiger partial charge in [0.2, 0.25) is 0 Å². The van der Waals surface area contributed by atoms with Crippen molar-refractivity contribution in [3.05, 3.63) is 24.3 Å². The van der Waals surface area contributed by atoms with Crippen LogP contribution in [0, 0.1) is 0 Å². The highest BCUT2D eigenvalue weighted by molar-refractivity contribution is 7.45. The molecular weight excluding hydrogens is 637 g/mol. The number of phosphoric acid groups is 1. The van der Waals surface area contributed by atoms with Crippen LogP contribution in [0.5, 0.6) is 0 Å². The molecule has 49 heavy (non-hydrogen) atoms. The molecule has 0 spiro atoms. The van der Waals surface area contributed by atoms with E-state index < -0.39 is 13.9 Å². The van der Waals surface area contributed by atoms with Crippen molar-refractivity contribution in [3.8, 4) is 0 Å². The number of ether oxygens (including phenoxy) is 2. The van der Waals surface area contributed by atoms with E-state index in [1.54, 1.807) is 0 Å². The Morgan fingerprint density at radius 1 is 0.612 bits per heavy atom. The predicted octanol–water partition coefficient (Wildman–Crippen LogP) is 10.6. The minimum Gasteiger partial charge on any atom is -0.756 e. The van der Waals surface area contributed by atoms with Gasteiger partial charge in [-0.05, 0) is 64.2 Å². The zero-order valence-electron chi connectivity index (χ0n) is 32.6. The summed E-state index contributed by atoms with van der Waals surface area (Å²) < 4.78 is 34.5. The number of quaternary nitrogens is 1. The summed E-state index contributed by atoms with van der Waals surface area (Å²) in [4.78, 5) is 24.9. The van der Waals surface area contributed by atoms with Gasteiger partial charge in [-0.15, -0.1) is 0 Å². The molecule has 0 amide bonds. The third-order valence-corrected chi connectivity index (χ3v) is 9.44. The van der Waals surface area contributed by atoms with Gasteiger partial charge in [0, 0.05) is 13.0 Å². The van der Waals surface area contributed by atoms with Crippen LogP contribution in [0.25, 0.3) is 0 Å². The van der Waals surface area contributed by atoms with Crippen molar-refractivity contribution in [2.75, 3.05) is 54.1 Å². The molecule has 0 aliphatic rings. The molecule has 0 saturated heterocycles. The van der Waals surface area contributed by atoms with Crippen LogP contribution in [0.15, 0.2) is 24.3 Å². The topological polar surface area (TPSA) is 94.1 Å². The monoisotopic (exact) mass is 716 g/mol. The number of nitrogens with zero attached hydrogens (tertiary/aromatic N) is 1. The van der Waals surface area contributed by atoms with E-state index in [-0.39, 0.29) is 25.8 Å². The fourth-order valence-corrected chi connectivity index (χ4v) is 6.03. The summed E-state index contributed by atoms with van der Waals surface area (Å²) in [6.07, 6.45) is 36.1. The number of likely N-dealkylation sites (N-methyl/N-ethyl adjacent to an activating group) is 1. The molecule has 9 heteroatoms. The van der Waals surface area contributed by atoms with Crippen LogP contribution in [0.4, 0.5) is 0 Å². The van der Waals surface area contributed by atoms with Gasteiger partial charge in [0.1, 0.15) is 19.3 Å².